The highest BCUT2D eigenvalue weighted by molar-refractivity contribution is 6.23. The van der Waals surface area contributed by atoms with Crippen LogP contribution in [0.15, 0.2) is 91.0 Å². The first-order chi connectivity index (χ1) is 27.6. The van der Waals surface area contributed by atoms with Gasteiger partial charge in [0.15, 0.2) is 0 Å². The third kappa shape index (κ3) is 6.84. The fraction of sp³-hybridized carbons (Fsp3) is 0.348. The highest BCUT2D eigenvalue weighted by Gasteiger charge is 2.48. The summed E-state index contributed by atoms with van der Waals surface area (Å²) >= 11 is 0. The lowest BCUT2D eigenvalue weighted by Crippen LogP contribution is -2.69. The van der Waals surface area contributed by atoms with Crippen molar-refractivity contribution in [3.8, 4) is 11.5 Å². The third-order valence-corrected chi connectivity index (χ3v) is 12.7. The monoisotopic (exact) mass is 765 g/mol. The molecule has 0 spiro atoms. The normalized spacial score (nSPS) is 23.0. The number of anilines is 2. The molecule has 0 aromatic heterocycles. The van der Waals surface area contributed by atoms with Crippen LogP contribution in [0.5, 0.6) is 11.5 Å². The van der Waals surface area contributed by atoms with Gasteiger partial charge in [-0.2, -0.15) is 0 Å². The van der Waals surface area contributed by atoms with Crippen LogP contribution in [0, 0.1) is 5.92 Å². The largest absolute Gasteiger partial charge is 0.508 e. The molecule has 57 heavy (non-hydrogen) atoms. The molecular weight excluding hydrogens is 719 g/mol. The predicted molar refractivity (Wildman–Crippen MR) is 218 cm³/mol. The van der Waals surface area contributed by atoms with Gasteiger partial charge in [-0.15, -0.1) is 0 Å². The summed E-state index contributed by atoms with van der Waals surface area (Å²) in [6.45, 7) is 7.15. The van der Waals surface area contributed by atoms with Gasteiger partial charge in [0.1, 0.15) is 17.5 Å². The van der Waals surface area contributed by atoms with Gasteiger partial charge >= 0.3 is 0 Å². The Labute approximate surface area is 332 Å². The van der Waals surface area contributed by atoms with Crippen LogP contribution in [0.2, 0.25) is 0 Å². The Balaban J connectivity index is 0.817. The van der Waals surface area contributed by atoms with Crippen molar-refractivity contribution >= 4 is 46.1 Å². The molecule has 3 atom stereocenters. The van der Waals surface area contributed by atoms with E-state index in [0.29, 0.717) is 29.1 Å². The van der Waals surface area contributed by atoms with E-state index in [9.17, 15) is 29.4 Å². The van der Waals surface area contributed by atoms with Crippen molar-refractivity contribution in [1.29, 1.82) is 0 Å². The molecule has 4 aromatic carbocycles. The Hall–Kier alpha value is -5.94. The summed E-state index contributed by atoms with van der Waals surface area (Å²) in [5.74, 6) is -0.828. The zero-order valence-electron chi connectivity index (χ0n) is 32.1. The summed E-state index contributed by atoms with van der Waals surface area (Å²) in [7, 11) is 0. The molecule has 0 radical (unpaired) electrons. The summed E-state index contributed by atoms with van der Waals surface area (Å²) < 4.78 is 0. The lowest BCUT2D eigenvalue weighted by Gasteiger charge is -2.58. The molecular formula is C46H47N5O6. The minimum Gasteiger partial charge on any atom is -0.508 e. The number of benzene rings is 4. The number of phenols is 2. The number of aromatic hydroxyl groups is 2. The van der Waals surface area contributed by atoms with E-state index in [1.807, 2.05) is 36.4 Å². The van der Waals surface area contributed by atoms with Gasteiger partial charge in [0.2, 0.25) is 11.8 Å². The van der Waals surface area contributed by atoms with Crippen molar-refractivity contribution < 1.29 is 29.4 Å². The Kier molecular flexibility index (Phi) is 9.56. The van der Waals surface area contributed by atoms with E-state index in [0.717, 1.165) is 91.3 Å². The maximum Gasteiger partial charge on any atom is 0.262 e. The molecule has 0 aliphatic carbocycles. The molecule has 6 heterocycles. The number of phenolic OH excluding ortho intramolecular Hbond substituents is 2. The van der Waals surface area contributed by atoms with Crippen LogP contribution in [0.25, 0.3) is 11.1 Å². The minimum atomic E-state index is -0.964. The van der Waals surface area contributed by atoms with Crippen molar-refractivity contribution in [2.24, 2.45) is 5.92 Å². The van der Waals surface area contributed by atoms with E-state index in [1.165, 1.54) is 11.3 Å². The molecule has 5 saturated heterocycles. The average Bonchev–Trinajstić information content (AvgIpc) is 3.46. The van der Waals surface area contributed by atoms with Crippen LogP contribution in [0.1, 0.15) is 82.9 Å². The first kappa shape index (κ1) is 36.7. The van der Waals surface area contributed by atoms with E-state index >= 15 is 0 Å². The topological polar surface area (TPSA) is 134 Å². The number of piperazine rings is 1. The van der Waals surface area contributed by atoms with Gasteiger partial charge in [-0.1, -0.05) is 43.3 Å². The molecule has 3 unspecified atom stereocenters. The number of nitrogens with one attached hydrogen (secondary N) is 1. The maximum absolute atomic E-state index is 13.4. The van der Waals surface area contributed by atoms with Crippen LogP contribution >= 0.6 is 0 Å². The van der Waals surface area contributed by atoms with Crippen LogP contribution in [0.4, 0.5) is 11.4 Å². The number of rotatable bonds is 9. The molecule has 4 aromatic rings. The fourth-order valence-electron chi connectivity index (χ4n) is 9.80. The Bertz CT molecular complexity index is 2250. The molecule has 6 aliphatic heterocycles. The number of piperidine rings is 3. The van der Waals surface area contributed by atoms with Crippen molar-refractivity contribution in [3.05, 3.63) is 119 Å². The zero-order chi connectivity index (χ0) is 39.4. The number of allylic oxidation sites excluding steroid dienone is 1. The maximum atomic E-state index is 13.4. The van der Waals surface area contributed by atoms with Gasteiger partial charge in [0.25, 0.3) is 11.8 Å². The minimum absolute atomic E-state index is 0.0998. The molecule has 4 amide bonds. The van der Waals surface area contributed by atoms with Gasteiger partial charge in [0.05, 0.1) is 11.1 Å². The number of amides is 4. The predicted octanol–water partition coefficient (Wildman–Crippen LogP) is 6.05. The van der Waals surface area contributed by atoms with Gasteiger partial charge in [0, 0.05) is 62.6 Å². The number of nitrogens with zero attached hydrogens (tertiary/aromatic N) is 4. The standard InChI is InChI=1S/C46H47N5O6/c1-2-38(29-5-12-36(52)13-6-29)43(31-7-14-37(53)15-8-31)30-3-9-32(10-4-30)49-21-19-28(20-22-49)25-48-26-34-23-35(27-48)50(34)33-11-16-39-40(24-33)46(57)51(45(39)56)41-17-18-42(54)47-44(41)55/h3-16,24,28,34-35,41,52-53H,2,17-23,25-27H2,1H3,(H,47,54,55). The lowest BCUT2D eigenvalue weighted by atomic mass is 9.85. The summed E-state index contributed by atoms with van der Waals surface area (Å²) in [4.78, 5) is 59.3. The smallest absolute Gasteiger partial charge is 0.262 e. The number of hydrogen-bond donors (Lipinski definition) is 3. The highest BCUT2D eigenvalue weighted by atomic mass is 16.3. The number of carbonyl (C=O) groups excluding carboxylic acids is 4. The molecule has 6 aliphatic rings. The van der Waals surface area contributed by atoms with Crippen molar-refractivity contribution in [2.75, 3.05) is 42.5 Å². The van der Waals surface area contributed by atoms with E-state index < -0.39 is 23.8 Å². The fourth-order valence-corrected chi connectivity index (χ4v) is 9.80. The highest BCUT2D eigenvalue weighted by Crippen LogP contribution is 2.41. The quantitative estimate of drug-likeness (QED) is 0.138. The SMILES string of the molecule is CCC(=C(c1ccc(O)cc1)c1ccc(N2CCC(CN3CC4CC(C3)N4c3ccc4c(c3)C(=O)N(C3CCC(=O)NC3=O)C4=O)CC2)cc1)c1ccc(O)cc1. The van der Waals surface area contributed by atoms with Crippen molar-refractivity contribution in [3.63, 3.8) is 0 Å². The van der Waals surface area contributed by atoms with E-state index in [1.54, 1.807) is 30.3 Å². The van der Waals surface area contributed by atoms with Gasteiger partial charge in [-0.3, -0.25) is 34.3 Å². The van der Waals surface area contributed by atoms with Crippen molar-refractivity contribution in [1.82, 2.24) is 15.1 Å². The summed E-state index contributed by atoms with van der Waals surface area (Å²) in [6.07, 6.45) is 4.41. The summed E-state index contributed by atoms with van der Waals surface area (Å²) in [5, 5.41) is 22.2. The number of hydrogen-bond acceptors (Lipinski definition) is 9. The Morgan fingerprint density at radius 3 is 1.89 bits per heavy atom. The third-order valence-electron chi connectivity index (χ3n) is 12.7. The van der Waals surface area contributed by atoms with Gasteiger partial charge in [-0.25, -0.2) is 0 Å². The molecule has 292 valence electrons. The molecule has 2 bridgehead atoms. The van der Waals surface area contributed by atoms with Gasteiger partial charge in [-0.05, 0) is 120 Å². The molecule has 3 N–H and O–H groups in total. The van der Waals surface area contributed by atoms with Gasteiger partial charge < -0.3 is 20.0 Å². The second-order valence-corrected chi connectivity index (χ2v) is 16.1. The molecule has 11 nitrogen and oxygen atoms in total. The molecule has 0 saturated carbocycles. The molecule has 10 rings (SSSR count). The molecule has 5 fully saturated rings. The first-order valence-electron chi connectivity index (χ1n) is 20.2. The van der Waals surface area contributed by atoms with Crippen LogP contribution < -0.4 is 15.1 Å². The molecule has 11 heteroatoms. The second-order valence-electron chi connectivity index (χ2n) is 16.1. The van der Waals surface area contributed by atoms with E-state index in [-0.39, 0.29) is 30.2 Å². The number of carbonyl (C=O) groups is 4. The van der Waals surface area contributed by atoms with E-state index in [2.05, 4.69) is 51.2 Å². The summed E-state index contributed by atoms with van der Waals surface area (Å²) in [5.41, 5.74) is 8.28. The Morgan fingerprint density at radius 1 is 0.702 bits per heavy atom. The Morgan fingerprint density at radius 2 is 1.28 bits per heavy atom. The first-order valence-corrected chi connectivity index (χ1v) is 20.2. The second kappa shape index (κ2) is 14.9. The number of fused-ring (bicyclic) bond motifs is 3. The lowest BCUT2D eigenvalue weighted by molar-refractivity contribution is -0.136. The zero-order valence-corrected chi connectivity index (χ0v) is 32.1. The summed E-state index contributed by atoms with van der Waals surface area (Å²) in [6, 6.07) is 28.8. The average molecular weight is 766 g/mol. The number of imide groups is 2. The van der Waals surface area contributed by atoms with Crippen LogP contribution in [-0.2, 0) is 9.59 Å². The van der Waals surface area contributed by atoms with E-state index in [4.69, 9.17) is 0 Å². The van der Waals surface area contributed by atoms with Crippen LogP contribution in [-0.4, -0.2) is 94.5 Å². The van der Waals surface area contributed by atoms with Crippen molar-refractivity contribution in [2.45, 2.75) is 63.6 Å². The van der Waals surface area contributed by atoms with Crippen LogP contribution in [0.3, 0.4) is 0 Å².